The van der Waals surface area contributed by atoms with Crippen LogP contribution in [0.15, 0.2) is 47.5 Å². The summed E-state index contributed by atoms with van der Waals surface area (Å²) in [6.45, 7) is 1.08. The molecule has 1 saturated heterocycles. The molecular formula is C19H19Cl2FN4O. The van der Waals surface area contributed by atoms with Crippen LogP contribution < -0.4 is 11.1 Å². The first-order valence-electron chi connectivity index (χ1n) is 8.45. The van der Waals surface area contributed by atoms with Crippen molar-refractivity contribution in [3.8, 4) is 0 Å². The van der Waals surface area contributed by atoms with Gasteiger partial charge in [0.15, 0.2) is 0 Å². The maximum Gasteiger partial charge on any atom is 0.253 e. The molecule has 4 rings (SSSR count). The van der Waals surface area contributed by atoms with E-state index in [2.05, 4.69) is 10.3 Å². The number of hydrogen-bond acceptors (Lipinski definition) is 4. The van der Waals surface area contributed by atoms with Gasteiger partial charge in [0, 0.05) is 42.2 Å². The number of fused-ring (bicyclic) bond motifs is 1. The largest absolute Gasteiger partial charge is 0.383 e. The number of hydrogen-bond donors (Lipinski definition) is 2. The van der Waals surface area contributed by atoms with E-state index < -0.39 is 5.66 Å². The van der Waals surface area contributed by atoms with Crippen LogP contribution in [0.3, 0.4) is 0 Å². The van der Waals surface area contributed by atoms with Crippen LogP contribution in [0.1, 0.15) is 28.8 Å². The van der Waals surface area contributed by atoms with Crippen molar-refractivity contribution in [3.63, 3.8) is 0 Å². The fourth-order valence-electron chi connectivity index (χ4n) is 3.55. The minimum Gasteiger partial charge on any atom is -0.383 e. The molecule has 1 spiro atoms. The Labute approximate surface area is 167 Å². The van der Waals surface area contributed by atoms with Crippen LogP contribution in [-0.2, 0) is 0 Å². The first-order valence-corrected chi connectivity index (χ1v) is 8.82. The molecule has 2 aromatic carbocycles. The van der Waals surface area contributed by atoms with Crippen molar-refractivity contribution in [1.82, 2.24) is 4.90 Å². The third-order valence-electron chi connectivity index (χ3n) is 4.94. The van der Waals surface area contributed by atoms with Crippen LogP contribution in [0.2, 0.25) is 5.02 Å². The van der Waals surface area contributed by atoms with E-state index in [1.54, 1.807) is 41.3 Å². The van der Waals surface area contributed by atoms with Crippen molar-refractivity contribution in [2.45, 2.75) is 18.5 Å². The lowest BCUT2D eigenvalue weighted by Gasteiger charge is -2.42. The summed E-state index contributed by atoms with van der Waals surface area (Å²) in [4.78, 5) is 19.0. The molecule has 2 aromatic rings. The van der Waals surface area contributed by atoms with Crippen molar-refractivity contribution < 1.29 is 9.18 Å². The lowest BCUT2D eigenvalue weighted by molar-refractivity contribution is 0.0685. The summed E-state index contributed by atoms with van der Waals surface area (Å²) in [7, 11) is 0. The summed E-state index contributed by atoms with van der Waals surface area (Å²) in [5.41, 5.74) is 7.01. The molecule has 0 saturated carbocycles. The van der Waals surface area contributed by atoms with Crippen LogP contribution in [0, 0.1) is 5.82 Å². The van der Waals surface area contributed by atoms with Gasteiger partial charge in [-0.1, -0.05) is 17.7 Å². The number of anilines is 1. The van der Waals surface area contributed by atoms with Crippen LogP contribution >= 0.6 is 24.0 Å². The Kier molecular flexibility index (Phi) is 5.31. The fourth-order valence-corrected chi connectivity index (χ4v) is 3.67. The molecule has 0 unspecified atom stereocenters. The number of carbonyl (C=O) groups is 1. The quantitative estimate of drug-likeness (QED) is 0.755. The molecule has 5 nitrogen and oxygen atoms in total. The second-order valence-electron chi connectivity index (χ2n) is 6.62. The molecule has 27 heavy (non-hydrogen) atoms. The average Bonchev–Trinajstić information content (AvgIpc) is 2.62. The number of carbonyl (C=O) groups excluding carboxylic acids is 1. The number of amides is 1. The molecule has 1 amide bonds. The molecule has 2 aliphatic rings. The zero-order chi connectivity index (χ0) is 18.3. The highest BCUT2D eigenvalue weighted by Gasteiger charge is 2.39. The molecule has 0 aromatic heterocycles. The first-order chi connectivity index (χ1) is 12.5. The van der Waals surface area contributed by atoms with E-state index in [9.17, 15) is 9.18 Å². The molecule has 0 radical (unpaired) electrons. The lowest BCUT2D eigenvalue weighted by Crippen LogP contribution is -2.52. The minimum atomic E-state index is -0.596. The Hall–Kier alpha value is -2.31. The first kappa shape index (κ1) is 19.5. The second-order valence-corrected chi connectivity index (χ2v) is 7.05. The van der Waals surface area contributed by atoms with Crippen LogP contribution in [0.4, 0.5) is 10.1 Å². The number of nitrogens with zero attached hydrogens (tertiary/aromatic N) is 2. The van der Waals surface area contributed by atoms with Crippen LogP contribution in [-0.4, -0.2) is 35.4 Å². The van der Waals surface area contributed by atoms with E-state index >= 15 is 0 Å². The van der Waals surface area contributed by atoms with E-state index in [0.717, 1.165) is 0 Å². The molecular weight excluding hydrogens is 390 g/mol. The van der Waals surface area contributed by atoms with Crippen molar-refractivity contribution in [2.75, 3.05) is 18.4 Å². The minimum absolute atomic E-state index is 0. The van der Waals surface area contributed by atoms with Gasteiger partial charge in [-0.05, 0) is 36.4 Å². The van der Waals surface area contributed by atoms with Gasteiger partial charge in [-0.25, -0.2) is 9.38 Å². The number of benzene rings is 2. The lowest BCUT2D eigenvalue weighted by atomic mass is 9.93. The predicted molar refractivity (Wildman–Crippen MR) is 107 cm³/mol. The highest BCUT2D eigenvalue weighted by molar-refractivity contribution is 6.30. The fraction of sp³-hybridized carbons (Fsp3) is 0.263. The van der Waals surface area contributed by atoms with Crippen molar-refractivity contribution in [3.05, 3.63) is 64.4 Å². The number of aliphatic imine (C=N–C) groups is 1. The number of nitrogens with one attached hydrogen (secondary N) is 1. The molecule has 8 heteroatoms. The highest BCUT2D eigenvalue weighted by atomic mass is 35.5. The van der Waals surface area contributed by atoms with Crippen molar-refractivity contribution >= 4 is 41.4 Å². The van der Waals surface area contributed by atoms with Crippen LogP contribution in [0.25, 0.3) is 0 Å². The van der Waals surface area contributed by atoms with Gasteiger partial charge in [0.05, 0.1) is 5.56 Å². The van der Waals surface area contributed by atoms with E-state index in [-0.39, 0.29) is 30.0 Å². The maximum absolute atomic E-state index is 14.0. The number of rotatable bonds is 1. The zero-order valence-electron chi connectivity index (χ0n) is 14.4. The molecule has 1 fully saturated rings. The number of halogens is 3. The summed E-state index contributed by atoms with van der Waals surface area (Å²) in [5.74, 6) is -0.216. The van der Waals surface area contributed by atoms with Gasteiger partial charge in [0.25, 0.3) is 5.91 Å². The molecule has 2 heterocycles. The Morgan fingerprint density at radius 2 is 1.85 bits per heavy atom. The summed E-state index contributed by atoms with van der Waals surface area (Å²) in [6, 6.07) is 11.7. The average molecular weight is 409 g/mol. The zero-order valence-corrected chi connectivity index (χ0v) is 16.0. The number of amidine groups is 1. The molecule has 0 bridgehead atoms. The van der Waals surface area contributed by atoms with Gasteiger partial charge >= 0.3 is 0 Å². The van der Waals surface area contributed by atoms with E-state index in [4.69, 9.17) is 17.3 Å². The summed E-state index contributed by atoms with van der Waals surface area (Å²) < 4.78 is 14.0. The van der Waals surface area contributed by atoms with Gasteiger partial charge in [-0.3, -0.25) is 4.79 Å². The van der Waals surface area contributed by atoms with Gasteiger partial charge in [0.1, 0.15) is 17.3 Å². The molecule has 2 aliphatic heterocycles. The molecule has 0 aliphatic carbocycles. The summed E-state index contributed by atoms with van der Waals surface area (Å²) >= 11 is 5.88. The van der Waals surface area contributed by atoms with E-state index in [1.807, 2.05) is 0 Å². The van der Waals surface area contributed by atoms with E-state index in [1.165, 1.54) is 6.07 Å². The Morgan fingerprint density at radius 3 is 2.52 bits per heavy atom. The number of likely N-dealkylation sites (tertiary alicyclic amines) is 1. The molecule has 3 N–H and O–H groups in total. The standard InChI is InChI=1S/C19H18ClFN4O.ClH/c20-13-6-4-12(5-7-13)18(26)25-10-8-19(9-11-25)23-15-3-1-2-14(21)16(15)17(22)24-19;/h1-7,23H,8-11H2,(H2,22,24);1H. The predicted octanol–water partition coefficient (Wildman–Crippen LogP) is 3.66. The SMILES string of the molecule is Cl.NC1=NC2(CCN(C(=O)c3ccc(Cl)cc3)CC2)Nc2cccc(F)c21. The van der Waals surface area contributed by atoms with Crippen LogP contribution in [0.5, 0.6) is 0 Å². The summed E-state index contributed by atoms with van der Waals surface area (Å²) in [6.07, 6.45) is 1.20. The Morgan fingerprint density at radius 1 is 1.19 bits per heavy atom. The number of piperidine rings is 1. The second kappa shape index (κ2) is 7.37. The normalized spacial score (nSPS) is 17.4. The third-order valence-corrected chi connectivity index (χ3v) is 5.19. The Bertz CT molecular complexity index is 893. The topological polar surface area (TPSA) is 70.7 Å². The molecule has 142 valence electrons. The molecule has 0 atom stereocenters. The maximum atomic E-state index is 14.0. The summed E-state index contributed by atoms with van der Waals surface area (Å²) in [5, 5.41) is 3.93. The van der Waals surface area contributed by atoms with Gasteiger partial charge in [-0.15, -0.1) is 12.4 Å². The third kappa shape index (κ3) is 3.59. The van der Waals surface area contributed by atoms with Gasteiger partial charge in [-0.2, -0.15) is 0 Å². The smallest absolute Gasteiger partial charge is 0.253 e. The van der Waals surface area contributed by atoms with Crippen molar-refractivity contribution in [2.24, 2.45) is 10.7 Å². The van der Waals surface area contributed by atoms with Crippen molar-refractivity contribution in [1.29, 1.82) is 0 Å². The van der Waals surface area contributed by atoms with Gasteiger partial charge < -0.3 is 16.0 Å². The highest BCUT2D eigenvalue weighted by Crippen LogP contribution is 2.35. The Balaban J connectivity index is 0.00000210. The monoisotopic (exact) mass is 408 g/mol. The number of nitrogens with two attached hydrogens (primary N) is 1. The van der Waals surface area contributed by atoms with Gasteiger partial charge in [0.2, 0.25) is 0 Å². The van der Waals surface area contributed by atoms with E-state index in [0.29, 0.717) is 47.8 Å².